The van der Waals surface area contributed by atoms with Gasteiger partial charge in [-0.15, -0.1) is 0 Å². The van der Waals surface area contributed by atoms with E-state index in [-0.39, 0.29) is 19.3 Å². The molecule has 1 aliphatic rings. The first-order chi connectivity index (χ1) is 5.47. The molecular weight excluding hydrogens is 210 g/mol. The summed E-state index contributed by atoms with van der Waals surface area (Å²) in [5.74, 6) is 0. The van der Waals surface area contributed by atoms with Crippen molar-refractivity contribution in [3.05, 3.63) is 0 Å². The molecule has 0 radical (unpaired) electrons. The van der Waals surface area contributed by atoms with Crippen LogP contribution in [-0.4, -0.2) is 33.8 Å². The van der Waals surface area contributed by atoms with Gasteiger partial charge in [0.25, 0.3) is 0 Å². The lowest BCUT2D eigenvalue weighted by Crippen LogP contribution is -2.41. The summed E-state index contributed by atoms with van der Waals surface area (Å²) < 4.78 is 31.1. The van der Waals surface area contributed by atoms with Gasteiger partial charge >= 0.3 is 15.3 Å². The molecule has 1 saturated heterocycles. The Balaban J connectivity index is 2.29. The lowest BCUT2D eigenvalue weighted by atomic mass is 10.3. The highest BCUT2D eigenvalue weighted by molar-refractivity contribution is 8.12. The van der Waals surface area contributed by atoms with E-state index in [0.29, 0.717) is 0 Å². The Morgan fingerprint density at radius 2 is 2.17 bits per heavy atom. The maximum absolute atomic E-state index is 10.6. The van der Waals surface area contributed by atoms with Crippen molar-refractivity contribution in [1.82, 2.24) is 4.72 Å². The van der Waals surface area contributed by atoms with Crippen molar-refractivity contribution in [2.24, 2.45) is 0 Å². The van der Waals surface area contributed by atoms with Crippen molar-refractivity contribution in [2.45, 2.75) is 6.10 Å². The predicted octanol–water partition coefficient (Wildman–Crippen LogP) is -0.405. The molecule has 12 heavy (non-hydrogen) atoms. The Morgan fingerprint density at radius 3 is 2.50 bits per heavy atom. The minimum Gasteiger partial charge on any atom is -0.441 e. The van der Waals surface area contributed by atoms with E-state index in [1.54, 1.807) is 0 Å². The quantitative estimate of drug-likeness (QED) is 0.634. The SMILES string of the molecule is O=C(NS(=O)(=O)Cl)OC1COC1. The zero-order valence-electron chi connectivity index (χ0n) is 5.82. The summed E-state index contributed by atoms with van der Waals surface area (Å²) in [6.07, 6.45) is -1.46. The van der Waals surface area contributed by atoms with Crippen LogP contribution in [0.25, 0.3) is 0 Å². The molecule has 6 nitrogen and oxygen atoms in total. The van der Waals surface area contributed by atoms with Gasteiger partial charge in [0.1, 0.15) is 0 Å². The van der Waals surface area contributed by atoms with Crippen molar-refractivity contribution in [1.29, 1.82) is 0 Å². The molecule has 1 rings (SSSR count). The Bertz CT molecular complexity index is 271. The fourth-order valence-electron chi connectivity index (χ4n) is 0.557. The monoisotopic (exact) mass is 215 g/mol. The van der Waals surface area contributed by atoms with Gasteiger partial charge in [-0.05, 0) is 0 Å². The largest absolute Gasteiger partial charge is 0.441 e. The topological polar surface area (TPSA) is 81.7 Å². The lowest BCUT2D eigenvalue weighted by Gasteiger charge is -2.25. The van der Waals surface area contributed by atoms with E-state index < -0.39 is 15.3 Å². The third kappa shape index (κ3) is 3.24. The summed E-state index contributed by atoms with van der Waals surface area (Å²) >= 11 is 0. The average molecular weight is 216 g/mol. The second-order valence-electron chi connectivity index (χ2n) is 2.10. The van der Waals surface area contributed by atoms with E-state index >= 15 is 0 Å². The zero-order chi connectivity index (χ0) is 9.19. The van der Waals surface area contributed by atoms with Gasteiger partial charge in [-0.1, -0.05) is 0 Å². The summed E-state index contributed by atoms with van der Waals surface area (Å²) in [7, 11) is 0.655. The summed E-state index contributed by atoms with van der Waals surface area (Å²) in [4.78, 5) is 10.6. The molecular formula is C4H6ClNO5S. The van der Waals surface area contributed by atoms with Gasteiger partial charge in [-0.3, -0.25) is 0 Å². The number of amides is 1. The number of hydrogen-bond acceptors (Lipinski definition) is 5. The smallest absolute Gasteiger partial charge is 0.422 e. The number of halogens is 1. The highest BCUT2D eigenvalue weighted by Crippen LogP contribution is 2.05. The Hall–Kier alpha value is -0.530. The molecule has 0 unspecified atom stereocenters. The Kier molecular flexibility index (Phi) is 2.76. The van der Waals surface area contributed by atoms with Crippen LogP contribution in [0.5, 0.6) is 0 Å². The van der Waals surface area contributed by atoms with Crippen molar-refractivity contribution in [2.75, 3.05) is 13.2 Å². The fraction of sp³-hybridized carbons (Fsp3) is 0.750. The number of carbonyl (C=O) groups is 1. The number of ether oxygens (including phenoxy) is 2. The Morgan fingerprint density at radius 1 is 1.58 bits per heavy atom. The van der Waals surface area contributed by atoms with Crippen molar-refractivity contribution in [3.8, 4) is 0 Å². The first-order valence-electron chi connectivity index (χ1n) is 2.98. The van der Waals surface area contributed by atoms with Crippen LogP contribution in [0.1, 0.15) is 0 Å². The normalized spacial score (nSPS) is 18.1. The number of nitrogens with one attached hydrogen (secondary N) is 1. The molecule has 0 aromatic carbocycles. The molecule has 0 spiro atoms. The molecule has 0 aromatic heterocycles. The maximum Gasteiger partial charge on any atom is 0.422 e. The molecule has 0 aromatic rings. The highest BCUT2D eigenvalue weighted by Gasteiger charge is 2.24. The van der Waals surface area contributed by atoms with Crippen LogP contribution < -0.4 is 4.72 Å². The van der Waals surface area contributed by atoms with Gasteiger partial charge in [0.2, 0.25) is 0 Å². The highest BCUT2D eigenvalue weighted by atomic mass is 35.7. The molecule has 1 N–H and O–H groups in total. The second kappa shape index (κ2) is 3.46. The molecule has 0 saturated carbocycles. The van der Waals surface area contributed by atoms with Crippen molar-refractivity contribution < 1.29 is 22.7 Å². The van der Waals surface area contributed by atoms with Crippen LogP contribution in [0.2, 0.25) is 0 Å². The molecule has 1 fully saturated rings. The van der Waals surface area contributed by atoms with Gasteiger partial charge < -0.3 is 9.47 Å². The van der Waals surface area contributed by atoms with Gasteiger partial charge in [0.05, 0.1) is 13.2 Å². The minimum absolute atomic E-state index is 0.287. The molecule has 0 aliphatic carbocycles. The molecule has 1 aliphatic heterocycles. The first kappa shape index (κ1) is 9.56. The van der Waals surface area contributed by atoms with E-state index in [9.17, 15) is 13.2 Å². The molecule has 8 heteroatoms. The van der Waals surface area contributed by atoms with Crippen LogP contribution in [0.4, 0.5) is 4.79 Å². The molecule has 0 atom stereocenters. The molecule has 0 bridgehead atoms. The summed E-state index contributed by atoms with van der Waals surface area (Å²) in [6.45, 7) is 0.575. The van der Waals surface area contributed by atoms with Crippen LogP contribution in [0.3, 0.4) is 0 Å². The lowest BCUT2D eigenvalue weighted by molar-refractivity contribution is -0.0968. The second-order valence-corrected chi connectivity index (χ2v) is 4.40. The summed E-state index contributed by atoms with van der Waals surface area (Å²) in [5.41, 5.74) is 0. The van der Waals surface area contributed by atoms with E-state index in [0.717, 1.165) is 0 Å². The van der Waals surface area contributed by atoms with E-state index in [1.165, 1.54) is 4.72 Å². The molecule has 70 valence electrons. The van der Waals surface area contributed by atoms with Gasteiger partial charge in [-0.25, -0.2) is 9.52 Å². The number of rotatable bonds is 2. The number of hydrogen-bond donors (Lipinski definition) is 1. The van der Waals surface area contributed by atoms with Crippen LogP contribution in [0.15, 0.2) is 0 Å². The van der Waals surface area contributed by atoms with Crippen molar-refractivity contribution >= 4 is 26.0 Å². The first-order valence-corrected chi connectivity index (χ1v) is 5.29. The Labute approximate surface area is 73.3 Å². The third-order valence-electron chi connectivity index (χ3n) is 1.09. The number of carbonyl (C=O) groups excluding carboxylic acids is 1. The standard InChI is InChI=1S/C4H6ClNO5S/c5-12(8,9)6-4(7)11-3-1-10-2-3/h3H,1-2H2,(H,6,7). The van der Waals surface area contributed by atoms with Crippen LogP contribution in [0, 0.1) is 0 Å². The fourth-order valence-corrected chi connectivity index (χ4v) is 0.993. The van der Waals surface area contributed by atoms with Gasteiger partial charge in [0, 0.05) is 10.7 Å². The maximum atomic E-state index is 10.6. The molecule has 1 amide bonds. The summed E-state index contributed by atoms with van der Waals surface area (Å²) in [6, 6.07) is 0. The average Bonchev–Trinajstić information content (AvgIpc) is 1.74. The van der Waals surface area contributed by atoms with Crippen LogP contribution >= 0.6 is 10.7 Å². The predicted molar refractivity (Wildman–Crippen MR) is 39.0 cm³/mol. The van der Waals surface area contributed by atoms with Gasteiger partial charge in [0.15, 0.2) is 6.10 Å². The summed E-state index contributed by atoms with van der Waals surface area (Å²) in [5, 5.41) is 0. The molecule has 1 heterocycles. The minimum atomic E-state index is -4.05. The van der Waals surface area contributed by atoms with Crippen LogP contribution in [-0.2, 0) is 18.7 Å². The van der Waals surface area contributed by atoms with E-state index in [2.05, 4.69) is 9.47 Å². The van der Waals surface area contributed by atoms with E-state index in [4.69, 9.17) is 10.7 Å². The van der Waals surface area contributed by atoms with Crippen molar-refractivity contribution in [3.63, 3.8) is 0 Å². The van der Waals surface area contributed by atoms with E-state index in [1.807, 2.05) is 0 Å². The third-order valence-corrected chi connectivity index (χ3v) is 1.73. The zero-order valence-corrected chi connectivity index (χ0v) is 7.39. The van der Waals surface area contributed by atoms with Gasteiger partial charge in [-0.2, -0.15) is 8.42 Å².